The fraction of sp³-hybridized carbons (Fsp3) is 0.348. The third-order valence-corrected chi connectivity index (χ3v) is 5.76. The summed E-state index contributed by atoms with van der Waals surface area (Å²) in [4.78, 5) is 18.0. The van der Waals surface area contributed by atoms with Crippen molar-refractivity contribution in [3.63, 3.8) is 0 Å². The highest BCUT2D eigenvalue weighted by atomic mass is 19.1. The van der Waals surface area contributed by atoms with Gasteiger partial charge in [-0.2, -0.15) is 0 Å². The molecule has 1 atom stereocenters. The van der Waals surface area contributed by atoms with Crippen LogP contribution in [0.15, 0.2) is 54.7 Å². The van der Waals surface area contributed by atoms with E-state index >= 15 is 0 Å². The van der Waals surface area contributed by atoms with Gasteiger partial charge < -0.3 is 10.3 Å². The number of likely N-dealkylation sites (tertiary alicyclic amines) is 1. The fourth-order valence-electron chi connectivity index (χ4n) is 4.16. The number of aromatic amines is 1. The maximum Gasteiger partial charge on any atom is 0.234 e. The van der Waals surface area contributed by atoms with E-state index in [9.17, 15) is 9.18 Å². The van der Waals surface area contributed by atoms with E-state index < -0.39 is 0 Å². The molecule has 5 heteroatoms. The van der Waals surface area contributed by atoms with E-state index in [2.05, 4.69) is 45.7 Å². The molecule has 1 saturated heterocycles. The molecule has 4 rings (SSSR count). The molecule has 2 heterocycles. The van der Waals surface area contributed by atoms with Gasteiger partial charge in [0.1, 0.15) is 5.82 Å². The lowest BCUT2D eigenvalue weighted by Gasteiger charge is -2.31. The number of H-pyrrole nitrogens is 1. The van der Waals surface area contributed by atoms with Crippen molar-refractivity contribution in [1.82, 2.24) is 15.2 Å². The van der Waals surface area contributed by atoms with Gasteiger partial charge in [0.15, 0.2) is 0 Å². The van der Waals surface area contributed by atoms with Crippen molar-refractivity contribution >= 4 is 16.8 Å². The molecule has 0 radical (unpaired) electrons. The second-order valence-corrected chi connectivity index (χ2v) is 7.68. The number of hydrogen-bond donors (Lipinski definition) is 2. The molecule has 0 bridgehead atoms. The molecular formula is C23H26FN3O. The molecule has 1 aliphatic heterocycles. The highest BCUT2D eigenvalue weighted by molar-refractivity contribution is 5.83. The number of nitrogens with zero attached hydrogens (tertiary/aromatic N) is 1. The van der Waals surface area contributed by atoms with Crippen LogP contribution >= 0.6 is 0 Å². The second kappa shape index (κ2) is 8.15. The Bertz CT molecular complexity index is 942. The highest BCUT2D eigenvalue weighted by Gasteiger charge is 2.24. The lowest BCUT2D eigenvalue weighted by molar-refractivity contribution is -0.123. The summed E-state index contributed by atoms with van der Waals surface area (Å²) in [5, 5.41) is 4.33. The molecule has 4 nitrogen and oxygen atoms in total. The molecule has 2 N–H and O–H groups in total. The SMILES string of the molecule is CC(NC(=O)CN1CCC(c2c[nH]c3ccccc23)CC1)c1ccc(F)cc1. The second-order valence-electron chi connectivity index (χ2n) is 7.68. The van der Waals surface area contributed by atoms with Gasteiger partial charge >= 0.3 is 0 Å². The van der Waals surface area contributed by atoms with Crippen LogP contribution in [0.3, 0.4) is 0 Å². The van der Waals surface area contributed by atoms with Gasteiger partial charge in [0.25, 0.3) is 0 Å². The van der Waals surface area contributed by atoms with Crippen molar-refractivity contribution in [2.75, 3.05) is 19.6 Å². The minimum atomic E-state index is -0.264. The Morgan fingerprint density at radius 2 is 1.89 bits per heavy atom. The Labute approximate surface area is 164 Å². The van der Waals surface area contributed by atoms with E-state index in [1.165, 1.54) is 28.6 Å². The predicted octanol–water partition coefficient (Wildman–Crippen LogP) is 4.36. The molecule has 146 valence electrons. The van der Waals surface area contributed by atoms with Crippen LogP contribution in [-0.4, -0.2) is 35.4 Å². The Hall–Kier alpha value is -2.66. The first-order chi connectivity index (χ1) is 13.6. The summed E-state index contributed by atoms with van der Waals surface area (Å²) in [5.41, 5.74) is 3.49. The normalized spacial score (nSPS) is 16.9. The Morgan fingerprint density at radius 3 is 2.64 bits per heavy atom. The van der Waals surface area contributed by atoms with Crippen molar-refractivity contribution in [2.45, 2.75) is 31.7 Å². The molecule has 1 aromatic heterocycles. The zero-order valence-electron chi connectivity index (χ0n) is 16.1. The molecule has 0 aliphatic carbocycles. The van der Waals surface area contributed by atoms with Gasteiger partial charge in [-0.3, -0.25) is 9.69 Å². The summed E-state index contributed by atoms with van der Waals surface area (Å²) in [6.07, 6.45) is 4.26. The minimum absolute atomic E-state index is 0.0161. The number of rotatable bonds is 5. The number of amides is 1. The quantitative estimate of drug-likeness (QED) is 0.692. The number of para-hydroxylation sites is 1. The number of aromatic nitrogens is 1. The Balaban J connectivity index is 1.29. The standard InChI is InChI=1S/C23H26FN3O/c1-16(17-6-8-19(24)9-7-17)26-23(28)15-27-12-10-18(11-13-27)21-14-25-22-5-3-2-4-20(21)22/h2-9,14,16,18,25H,10-13,15H2,1H3,(H,26,28). The number of benzene rings is 2. The maximum atomic E-state index is 13.0. The van der Waals surface area contributed by atoms with E-state index in [-0.39, 0.29) is 17.8 Å². The number of piperidine rings is 1. The molecular weight excluding hydrogens is 353 g/mol. The van der Waals surface area contributed by atoms with Crippen LogP contribution < -0.4 is 5.32 Å². The van der Waals surface area contributed by atoms with Crippen molar-refractivity contribution < 1.29 is 9.18 Å². The first-order valence-electron chi connectivity index (χ1n) is 9.93. The van der Waals surface area contributed by atoms with Gasteiger partial charge in [-0.25, -0.2) is 4.39 Å². The third-order valence-electron chi connectivity index (χ3n) is 5.76. The van der Waals surface area contributed by atoms with E-state index in [0.29, 0.717) is 12.5 Å². The lowest BCUT2D eigenvalue weighted by atomic mass is 9.89. The van der Waals surface area contributed by atoms with Crippen LogP contribution in [0.5, 0.6) is 0 Å². The minimum Gasteiger partial charge on any atom is -0.361 e. The first-order valence-corrected chi connectivity index (χ1v) is 9.93. The van der Waals surface area contributed by atoms with Crippen LogP contribution in [0.2, 0.25) is 0 Å². The molecule has 1 amide bonds. The average molecular weight is 379 g/mol. The Kier molecular flexibility index (Phi) is 5.44. The number of nitrogens with one attached hydrogen (secondary N) is 2. The van der Waals surface area contributed by atoms with Crippen LogP contribution in [0.4, 0.5) is 4.39 Å². The summed E-state index contributed by atoms with van der Waals surface area (Å²) in [6, 6.07) is 14.6. The van der Waals surface area contributed by atoms with E-state index in [4.69, 9.17) is 0 Å². The molecule has 1 fully saturated rings. The lowest BCUT2D eigenvalue weighted by Crippen LogP contribution is -2.41. The van der Waals surface area contributed by atoms with Crippen LogP contribution in [0.25, 0.3) is 10.9 Å². The van der Waals surface area contributed by atoms with Gasteiger partial charge in [-0.15, -0.1) is 0 Å². The largest absolute Gasteiger partial charge is 0.361 e. The maximum absolute atomic E-state index is 13.0. The number of halogens is 1. The summed E-state index contributed by atoms with van der Waals surface area (Å²) < 4.78 is 13.0. The van der Waals surface area contributed by atoms with Crippen molar-refractivity contribution in [1.29, 1.82) is 0 Å². The summed E-state index contributed by atoms with van der Waals surface area (Å²) >= 11 is 0. The topological polar surface area (TPSA) is 48.1 Å². The van der Waals surface area contributed by atoms with Gasteiger partial charge in [0, 0.05) is 17.1 Å². The van der Waals surface area contributed by atoms with Crippen molar-refractivity contribution in [3.05, 3.63) is 71.7 Å². The van der Waals surface area contributed by atoms with Gasteiger partial charge in [0.2, 0.25) is 5.91 Å². The van der Waals surface area contributed by atoms with Gasteiger partial charge in [-0.1, -0.05) is 30.3 Å². The van der Waals surface area contributed by atoms with Crippen molar-refractivity contribution in [2.24, 2.45) is 0 Å². The average Bonchev–Trinajstić information content (AvgIpc) is 3.13. The number of fused-ring (bicyclic) bond motifs is 1. The summed E-state index contributed by atoms with van der Waals surface area (Å²) in [7, 11) is 0. The predicted molar refractivity (Wildman–Crippen MR) is 110 cm³/mol. The first kappa shape index (κ1) is 18.7. The van der Waals surface area contributed by atoms with Crippen molar-refractivity contribution in [3.8, 4) is 0 Å². The Morgan fingerprint density at radius 1 is 1.18 bits per heavy atom. The molecule has 28 heavy (non-hydrogen) atoms. The van der Waals surface area contributed by atoms with E-state index in [1.807, 2.05) is 6.92 Å². The van der Waals surface area contributed by atoms with Crippen LogP contribution in [0, 0.1) is 5.82 Å². The highest BCUT2D eigenvalue weighted by Crippen LogP contribution is 2.32. The smallest absolute Gasteiger partial charge is 0.234 e. The molecule has 3 aromatic rings. The van der Waals surface area contributed by atoms with Crippen LogP contribution in [-0.2, 0) is 4.79 Å². The van der Waals surface area contributed by atoms with Gasteiger partial charge in [-0.05, 0) is 68.1 Å². The monoisotopic (exact) mass is 379 g/mol. The van der Waals surface area contributed by atoms with E-state index in [0.717, 1.165) is 31.5 Å². The molecule has 0 spiro atoms. The number of hydrogen-bond acceptors (Lipinski definition) is 2. The van der Waals surface area contributed by atoms with Crippen LogP contribution in [0.1, 0.15) is 42.9 Å². The summed E-state index contributed by atoms with van der Waals surface area (Å²) in [5.74, 6) is 0.288. The zero-order valence-corrected chi connectivity index (χ0v) is 16.1. The number of carbonyl (C=O) groups is 1. The fourth-order valence-corrected chi connectivity index (χ4v) is 4.16. The molecule has 1 aliphatic rings. The van der Waals surface area contributed by atoms with E-state index in [1.54, 1.807) is 12.1 Å². The number of carbonyl (C=O) groups excluding carboxylic acids is 1. The zero-order chi connectivity index (χ0) is 19.5. The third kappa shape index (κ3) is 4.09. The summed E-state index contributed by atoms with van der Waals surface area (Å²) in [6.45, 7) is 4.17. The molecule has 2 aromatic carbocycles. The van der Waals surface area contributed by atoms with Gasteiger partial charge in [0.05, 0.1) is 12.6 Å². The molecule has 1 unspecified atom stereocenters. The molecule has 0 saturated carbocycles.